The summed E-state index contributed by atoms with van der Waals surface area (Å²) in [5, 5.41) is 3.98. The van der Waals surface area contributed by atoms with E-state index in [4.69, 9.17) is 14.0 Å². The monoisotopic (exact) mass is 429 g/mol. The van der Waals surface area contributed by atoms with Gasteiger partial charge in [-0.05, 0) is 24.3 Å². The molecule has 0 spiro atoms. The number of hydrogen-bond donors (Lipinski definition) is 0. The molecule has 0 saturated heterocycles. The van der Waals surface area contributed by atoms with Gasteiger partial charge >= 0.3 is 0 Å². The van der Waals surface area contributed by atoms with Crippen LogP contribution in [0.4, 0.5) is 0 Å². The molecule has 1 aliphatic heterocycles. The number of carbonyl (C=O) groups is 1. The zero-order valence-electron chi connectivity index (χ0n) is 14.5. The highest BCUT2D eigenvalue weighted by Gasteiger charge is 2.30. The van der Waals surface area contributed by atoms with Gasteiger partial charge in [0.05, 0.1) is 6.54 Å². The van der Waals surface area contributed by atoms with Crippen LogP contribution in [-0.4, -0.2) is 40.7 Å². The summed E-state index contributed by atoms with van der Waals surface area (Å²) in [5.74, 6) is 1.80. The van der Waals surface area contributed by atoms with Gasteiger partial charge in [-0.25, -0.2) is 0 Å². The Kier molecular flexibility index (Phi) is 4.81. The van der Waals surface area contributed by atoms with Gasteiger partial charge in [0.25, 0.3) is 5.91 Å². The summed E-state index contributed by atoms with van der Waals surface area (Å²) in [6, 6.07) is 14.9. The number of benzene rings is 2. The van der Waals surface area contributed by atoms with Crippen molar-refractivity contribution in [2.75, 3.05) is 13.7 Å². The SMILES string of the molecule is CN(Cc1nc(-c2cccc(Br)c2)no1)C(=O)[C@H]1COc2ccccc2O1. The Hall–Kier alpha value is -2.87. The number of halogens is 1. The normalized spacial score (nSPS) is 15.4. The maximum Gasteiger partial charge on any atom is 0.267 e. The Morgan fingerprint density at radius 1 is 1.22 bits per heavy atom. The molecule has 1 aromatic heterocycles. The molecule has 0 saturated carbocycles. The van der Waals surface area contributed by atoms with E-state index in [2.05, 4.69) is 26.1 Å². The highest BCUT2D eigenvalue weighted by molar-refractivity contribution is 9.10. The molecule has 0 bridgehead atoms. The van der Waals surface area contributed by atoms with Crippen LogP contribution in [0.2, 0.25) is 0 Å². The fraction of sp³-hybridized carbons (Fsp3) is 0.211. The topological polar surface area (TPSA) is 77.7 Å². The van der Waals surface area contributed by atoms with Crippen molar-refractivity contribution in [1.29, 1.82) is 0 Å². The molecule has 0 radical (unpaired) electrons. The first-order valence-electron chi connectivity index (χ1n) is 8.32. The number of fused-ring (bicyclic) bond motifs is 1. The molecule has 8 heteroatoms. The standard InChI is InChI=1S/C19H16BrN3O4/c1-23(19(24)16-11-25-14-7-2-3-8-15(14)26-16)10-17-21-18(22-27-17)12-5-4-6-13(20)9-12/h2-9,16H,10-11H2,1H3/t16-/m1/s1. The van der Waals surface area contributed by atoms with E-state index in [-0.39, 0.29) is 19.1 Å². The van der Waals surface area contributed by atoms with Gasteiger partial charge in [0.15, 0.2) is 11.5 Å². The number of nitrogens with zero attached hydrogens (tertiary/aromatic N) is 3. The van der Waals surface area contributed by atoms with Crippen LogP contribution < -0.4 is 9.47 Å². The summed E-state index contributed by atoms with van der Waals surface area (Å²) in [5.41, 5.74) is 0.828. The zero-order valence-corrected chi connectivity index (χ0v) is 16.0. The van der Waals surface area contributed by atoms with E-state index >= 15 is 0 Å². The second-order valence-electron chi connectivity index (χ2n) is 6.08. The number of hydrogen-bond acceptors (Lipinski definition) is 6. The first-order valence-corrected chi connectivity index (χ1v) is 9.11. The minimum Gasteiger partial charge on any atom is -0.485 e. The first kappa shape index (κ1) is 17.5. The number of amides is 1. The minimum atomic E-state index is -0.711. The lowest BCUT2D eigenvalue weighted by Gasteiger charge is -2.28. The number of rotatable bonds is 4. The quantitative estimate of drug-likeness (QED) is 0.632. The van der Waals surface area contributed by atoms with Gasteiger partial charge < -0.3 is 18.9 Å². The molecule has 2 heterocycles. The molecule has 2 aromatic carbocycles. The smallest absolute Gasteiger partial charge is 0.267 e. The second kappa shape index (κ2) is 7.40. The average Bonchev–Trinajstić information content (AvgIpc) is 3.15. The molecule has 0 aliphatic carbocycles. The molecule has 7 nitrogen and oxygen atoms in total. The Morgan fingerprint density at radius 2 is 2.04 bits per heavy atom. The third-order valence-electron chi connectivity index (χ3n) is 4.08. The molecule has 0 fully saturated rings. The molecule has 0 N–H and O–H groups in total. The van der Waals surface area contributed by atoms with Crippen molar-refractivity contribution in [3.8, 4) is 22.9 Å². The van der Waals surface area contributed by atoms with Gasteiger partial charge in [-0.1, -0.05) is 45.4 Å². The van der Waals surface area contributed by atoms with Gasteiger partial charge in [-0.2, -0.15) is 4.98 Å². The lowest BCUT2D eigenvalue weighted by Crippen LogP contribution is -2.44. The van der Waals surface area contributed by atoms with Crippen molar-refractivity contribution in [2.45, 2.75) is 12.6 Å². The molecule has 0 unspecified atom stereocenters. The van der Waals surface area contributed by atoms with Gasteiger partial charge in [0.1, 0.15) is 6.61 Å². The maximum atomic E-state index is 12.7. The molecule has 3 aromatic rings. The Morgan fingerprint density at radius 3 is 2.85 bits per heavy atom. The molecule has 27 heavy (non-hydrogen) atoms. The van der Waals surface area contributed by atoms with Crippen molar-refractivity contribution in [3.05, 3.63) is 58.9 Å². The number of para-hydroxylation sites is 2. The molecular formula is C19H16BrN3O4. The summed E-state index contributed by atoms with van der Waals surface area (Å²) < 4.78 is 17.6. The van der Waals surface area contributed by atoms with Crippen molar-refractivity contribution < 1.29 is 18.8 Å². The van der Waals surface area contributed by atoms with Crippen LogP contribution in [0.25, 0.3) is 11.4 Å². The van der Waals surface area contributed by atoms with Crippen LogP contribution in [0.5, 0.6) is 11.5 Å². The Labute approximate surface area is 164 Å². The van der Waals surface area contributed by atoms with E-state index in [0.717, 1.165) is 10.0 Å². The van der Waals surface area contributed by atoms with E-state index in [1.54, 1.807) is 13.1 Å². The Balaban J connectivity index is 1.42. The van der Waals surface area contributed by atoms with Crippen molar-refractivity contribution in [1.82, 2.24) is 15.0 Å². The number of likely N-dealkylation sites (N-methyl/N-ethyl adjacent to an activating group) is 1. The molecule has 1 aliphatic rings. The molecule has 4 rings (SSSR count). The fourth-order valence-electron chi connectivity index (χ4n) is 2.73. The van der Waals surface area contributed by atoms with E-state index in [1.165, 1.54) is 4.90 Å². The van der Waals surface area contributed by atoms with E-state index in [1.807, 2.05) is 42.5 Å². The zero-order chi connectivity index (χ0) is 18.8. The summed E-state index contributed by atoms with van der Waals surface area (Å²) in [6.07, 6.45) is -0.711. The summed E-state index contributed by atoms with van der Waals surface area (Å²) in [7, 11) is 1.66. The van der Waals surface area contributed by atoms with Crippen molar-refractivity contribution in [3.63, 3.8) is 0 Å². The van der Waals surface area contributed by atoms with Gasteiger partial charge in [-0.3, -0.25) is 4.79 Å². The average molecular weight is 430 g/mol. The third kappa shape index (κ3) is 3.80. The van der Waals surface area contributed by atoms with Crippen LogP contribution in [0.1, 0.15) is 5.89 Å². The van der Waals surface area contributed by atoms with Crippen LogP contribution in [0.15, 0.2) is 57.5 Å². The van der Waals surface area contributed by atoms with Crippen LogP contribution in [-0.2, 0) is 11.3 Å². The number of ether oxygens (including phenoxy) is 2. The molecule has 1 atom stereocenters. The van der Waals surface area contributed by atoms with Crippen molar-refractivity contribution >= 4 is 21.8 Å². The van der Waals surface area contributed by atoms with Crippen molar-refractivity contribution in [2.24, 2.45) is 0 Å². The van der Waals surface area contributed by atoms with Crippen LogP contribution in [0, 0.1) is 0 Å². The molecular weight excluding hydrogens is 414 g/mol. The summed E-state index contributed by atoms with van der Waals surface area (Å²) in [4.78, 5) is 18.5. The van der Waals surface area contributed by atoms with E-state index in [0.29, 0.717) is 23.2 Å². The highest BCUT2D eigenvalue weighted by Crippen LogP contribution is 2.31. The first-order chi connectivity index (χ1) is 13.1. The van der Waals surface area contributed by atoms with Crippen LogP contribution in [0.3, 0.4) is 0 Å². The van der Waals surface area contributed by atoms with Gasteiger partial charge in [-0.15, -0.1) is 0 Å². The lowest BCUT2D eigenvalue weighted by molar-refractivity contribution is -0.140. The van der Waals surface area contributed by atoms with E-state index in [9.17, 15) is 4.79 Å². The van der Waals surface area contributed by atoms with Crippen LogP contribution >= 0.6 is 15.9 Å². The van der Waals surface area contributed by atoms with Gasteiger partial charge in [0.2, 0.25) is 17.8 Å². The lowest BCUT2D eigenvalue weighted by atomic mass is 10.2. The summed E-state index contributed by atoms with van der Waals surface area (Å²) in [6.45, 7) is 0.342. The molecule has 138 valence electrons. The molecule has 1 amide bonds. The maximum absolute atomic E-state index is 12.7. The minimum absolute atomic E-state index is 0.160. The number of carbonyl (C=O) groups excluding carboxylic acids is 1. The Bertz CT molecular complexity index is 975. The second-order valence-corrected chi connectivity index (χ2v) is 7.00. The van der Waals surface area contributed by atoms with Gasteiger partial charge in [0, 0.05) is 17.1 Å². The van der Waals surface area contributed by atoms with E-state index < -0.39 is 6.10 Å². The third-order valence-corrected chi connectivity index (χ3v) is 4.58. The predicted molar refractivity (Wildman–Crippen MR) is 100 cm³/mol. The summed E-state index contributed by atoms with van der Waals surface area (Å²) >= 11 is 3.42. The fourth-order valence-corrected chi connectivity index (χ4v) is 3.13. The highest BCUT2D eigenvalue weighted by atomic mass is 79.9. The predicted octanol–water partition coefficient (Wildman–Crippen LogP) is 3.30. The largest absolute Gasteiger partial charge is 0.485 e. The number of aromatic nitrogens is 2.